The molecule has 0 nitrogen and oxygen atoms in total. The Morgan fingerprint density at radius 3 is 2.42 bits per heavy atom. The molecule has 0 N–H and O–H groups in total. The Morgan fingerprint density at radius 1 is 1.42 bits per heavy atom. The van der Waals surface area contributed by atoms with Gasteiger partial charge < -0.3 is 0 Å². The van der Waals surface area contributed by atoms with Gasteiger partial charge in [-0.05, 0) is 38.5 Å². The average Bonchev–Trinajstić information content (AvgIpc) is 2.04. The molecule has 0 aromatic rings. The standard InChI is InChI=1S/C12H22/c1-6-11(3)9-8-10-12(4,5)7-2/h6-7H,2,8-10H2,1,3-5H3/b11-6-. The summed E-state index contributed by atoms with van der Waals surface area (Å²) in [5.74, 6) is 0. The van der Waals surface area contributed by atoms with E-state index in [0.29, 0.717) is 5.41 Å². The lowest BCUT2D eigenvalue weighted by atomic mass is 9.87. The molecule has 0 unspecified atom stereocenters. The van der Waals surface area contributed by atoms with Gasteiger partial charge in [-0.1, -0.05) is 31.6 Å². The fourth-order valence-corrected chi connectivity index (χ4v) is 1.07. The van der Waals surface area contributed by atoms with Gasteiger partial charge in [0.25, 0.3) is 0 Å². The highest BCUT2D eigenvalue weighted by Gasteiger charge is 2.11. The molecule has 0 atom stereocenters. The molecule has 0 bridgehead atoms. The highest BCUT2D eigenvalue weighted by Crippen LogP contribution is 2.24. The zero-order valence-electron chi connectivity index (χ0n) is 8.98. The molecule has 0 aromatic carbocycles. The van der Waals surface area contributed by atoms with Crippen LogP contribution in [0.2, 0.25) is 0 Å². The van der Waals surface area contributed by atoms with Crippen molar-refractivity contribution < 1.29 is 0 Å². The molecule has 0 spiro atoms. The van der Waals surface area contributed by atoms with E-state index in [1.165, 1.54) is 24.8 Å². The molecule has 0 saturated heterocycles. The van der Waals surface area contributed by atoms with Crippen LogP contribution in [0.1, 0.15) is 47.0 Å². The van der Waals surface area contributed by atoms with Crippen molar-refractivity contribution in [2.24, 2.45) is 5.41 Å². The average molecular weight is 166 g/mol. The van der Waals surface area contributed by atoms with E-state index in [9.17, 15) is 0 Å². The quantitative estimate of drug-likeness (QED) is 0.533. The first-order chi connectivity index (χ1) is 5.52. The van der Waals surface area contributed by atoms with E-state index in [0.717, 1.165) is 0 Å². The van der Waals surface area contributed by atoms with Gasteiger partial charge in [-0.3, -0.25) is 0 Å². The van der Waals surface area contributed by atoms with Crippen molar-refractivity contribution in [1.82, 2.24) is 0 Å². The first-order valence-corrected chi connectivity index (χ1v) is 4.77. The number of hydrogen-bond donors (Lipinski definition) is 0. The molecule has 0 radical (unpaired) electrons. The zero-order valence-corrected chi connectivity index (χ0v) is 8.98. The van der Waals surface area contributed by atoms with Gasteiger partial charge in [-0.2, -0.15) is 0 Å². The van der Waals surface area contributed by atoms with Crippen molar-refractivity contribution in [2.45, 2.75) is 47.0 Å². The predicted molar refractivity (Wildman–Crippen MR) is 57.3 cm³/mol. The molecule has 0 aliphatic rings. The van der Waals surface area contributed by atoms with Gasteiger partial charge in [0.1, 0.15) is 0 Å². The van der Waals surface area contributed by atoms with E-state index >= 15 is 0 Å². The Hall–Kier alpha value is -0.520. The van der Waals surface area contributed by atoms with Crippen molar-refractivity contribution in [1.29, 1.82) is 0 Å². The Labute approximate surface area is 77.4 Å². The van der Waals surface area contributed by atoms with Gasteiger partial charge in [0.05, 0.1) is 0 Å². The summed E-state index contributed by atoms with van der Waals surface area (Å²) < 4.78 is 0. The van der Waals surface area contributed by atoms with E-state index < -0.39 is 0 Å². The van der Waals surface area contributed by atoms with Crippen molar-refractivity contribution in [3.63, 3.8) is 0 Å². The third kappa shape index (κ3) is 5.17. The summed E-state index contributed by atoms with van der Waals surface area (Å²) in [5, 5.41) is 0. The molecule has 0 amide bonds. The molecule has 0 aliphatic carbocycles. The molecular formula is C12H22. The maximum Gasteiger partial charge on any atom is -0.0177 e. The topological polar surface area (TPSA) is 0 Å². The Morgan fingerprint density at radius 2 is 2.00 bits per heavy atom. The zero-order chi connectivity index (χ0) is 9.61. The van der Waals surface area contributed by atoms with Crippen molar-refractivity contribution in [3.8, 4) is 0 Å². The van der Waals surface area contributed by atoms with E-state index in [-0.39, 0.29) is 0 Å². The first-order valence-electron chi connectivity index (χ1n) is 4.77. The minimum absolute atomic E-state index is 0.314. The van der Waals surface area contributed by atoms with Crippen molar-refractivity contribution >= 4 is 0 Å². The minimum atomic E-state index is 0.314. The third-order valence-corrected chi connectivity index (χ3v) is 2.44. The molecule has 70 valence electrons. The van der Waals surface area contributed by atoms with Crippen LogP contribution in [0.3, 0.4) is 0 Å². The van der Waals surface area contributed by atoms with Crippen LogP contribution in [0.5, 0.6) is 0 Å². The summed E-state index contributed by atoms with van der Waals surface area (Å²) in [5.41, 5.74) is 1.81. The summed E-state index contributed by atoms with van der Waals surface area (Å²) in [6.45, 7) is 12.6. The minimum Gasteiger partial charge on any atom is -0.103 e. The van der Waals surface area contributed by atoms with Crippen molar-refractivity contribution in [3.05, 3.63) is 24.3 Å². The van der Waals surface area contributed by atoms with Crippen LogP contribution in [-0.4, -0.2) is 0 Å². The largest absolute Gasteiger partial charge is 0.103 e. The van der Waals surface area contributed by atoms with Gasteiger partial charge >= 0.3 is 0 Å². The number of hydrogen-bond acceptors (Lipinski definition) is 0. The third-order valence-electron chi connectivity index (χ3n) is 2.44. The van der Waals surface area contributed by atoms with Crippen LogP contribution in [0.25, 0.3) is 0 Å². The second kappa shape index (κ2) is 5.18. The Kier molecular flexibility index (Phi) is 4.96. The maximum atomic E-state index is 3.84. The van der Waals surface area contributed by atoms with Gasteiger partial charge in [0.15, 0.2) is 0 Å². The van der Waals surface area contributed by atoms with E-state index in [4.69, 9.17) is 0 Å². The summed E-state index contributed by atoms with van der Waals surface area (Å²) >= 11 is 0. The summed E-state index contributed by atoms with van der Waals surface area (Å²) in [4.78, 5) is 0. The van der Waals surface area contributed by atoms with E-state index in [1.807, 2.05) is 0 Å². The SMILES string of the molecule is C=CC(C)(C)CCC/C(C)=C\C. The van der Waals surface area contributed by atoms with Crippen LogP contribution < -0.4 is 0 Å². The van der Waals surface area contributed by atoms with Crippen LogP contribution >= 0.6 is 0 Å². The normalized spacial score (nSPS) is 13.2. The molecule has 0 fully saturated rings. The second-order valence-electron chi connectivity index (χ2n) is 4.18. The molecule has 0 heteroatoms. The van der Waals surface area contributed by atoms with Crippen LogP contribution in [0, 0.1) is 5.41 Å². The lowest BCUT2D eigenvalue weighted by Gasteiger charge is -2.19. The second-order valence-corrected chi connectivity index (χ2v) is 4.18. The fraction of sp³-hybridized carbons (Fsp3) is 0.667. The number of allylic oxidation sites excluding steroid dienone is 3. The lowest BCUT2D eigenvalue weighted by Crippen LogP contribution is -2.06. The molecule has 0 heterocycles. The smallest absolute Gasteiger partial charge is 0.0177 e. The van der Waals surface area contributed by atoms with Crippen LogP contribution in [0.4, 0.5) is 0 Å². The van der Waals surface area contributed by atoms with Crippen LogP contribution in [-0.2, 0) is 0 Å². The molecule has 0 aromatic heterocycles. The lowest BCUT2D eigenvalue weighted by molar-refractivity contribution is 0.422. The van der Waals surface area contributed by atoms with Gasteiger partial charge in [-0.15, -0.1) is 6.58 Å². The first kappa shape index (κ1) is 11.5. The summed E-state index contributed by atoms with van der Waals surface area (Å²) in [6, 6.07) is 0. The highest BCUT2D eigenvalue weighted by molar-refractivity contribution is 4.96. The summed E-state index contributed by atoms with van der Waals surface area (Å²) in [7, 11) is 0. The number of rotatable bonds is 5. The predicted octanol–water partition coefficient (Wildman–Crippen LogP) is 4.34. The van der Waals surface area contributed by atoms with E-state index in [1.54, 1.807) is 0 Å². The van der Waals surface area contributed by atoms with Gasteiger partial charge in [0, 0.05) is 0 Å². The maximum absolute atomic E-state index is 3.84. The Balaban J connectivity index is 3.63. The highest BCUT2D eigenvalue weighted by atomic mass is 14.2. The van der Waals surface area contributed by atoms with Crippen molar-refractivity contribution in [2.75, 3.05) is 0 Å². The summed E-state index contributed by atoms with van der Waals surface area (Å²) in [6.07, 6.45) is 7.99. The van der Waals surface area contributed by atoms with E-state index in [2.05, 4.69) is 46.4 Å². The van der Waals surface area contributed by atoms with Gasteiger partial charge in [-0.25, -0.2) is 0 Å². The molecular weight excluding hydrogens is 144 g/mol. The Bertz CT molecular complexity index is 161. The van der Waals surface area contributed by atoms with Gasteiger partial charge in [0.2, 0.25) is 0 Å². The molecule has 0 aliphatic heterocycles. The molecule has 0 saturated carbocycles. The van der Waals surface area contributed by atoms with Crippen LogP contribution in [0.15, 0.2) is 24.3 Å². The molecule has 12 heavy (non-hydrogen) atoms. The monoisotopic (exact) mass is 166 g/mol. The molecule has 0 rings (SSSR count). The fourth-order valence-electron chi connectivity index (χ4n) is 1.07.